The second-order valence-corrected chi connectivity index (χ2v) is 8.14. The molecular formula is C20H19IN2OS. The Balaban J connectivity index is 2.12. The van der Waals surface area contributed by atoms with Gasteiger partial charge in [-0.25, -0.2) is 0 Å². The lowest BCUT2D eigenvalue weighted by molar-refractivity contribution is 0.0997. The molecule has 0 aliphatic rings. The van der Waals surface area contributed by atoms with E-state index in [4.69, 9.17) is 0 Å². The van der Waals surface area contributed by atoms with Gasteiger partial charge in [0, 0.05) is 15.0 Å². The van der Waals surface area contributed by atoms with E-state index < -0.39 is 0 Å². The first-order valence-corrected chi connectivity index (χ1v) is 10.0. The molecule has 0 saturated heterocycles. The summed E-state index contributed by atoms with van der Waals surface area (Å²) in [6, 6.07) is 16.0. The van der Waals surface area contributed by atoms with E-state index in [9.17, 15) is 4.79 Å². The maximum Gasteiger partial charge on any atom is 0.280 e. The quantitative estimate of drug-likeness (QED) is 0.493. The lowest BCUT2D eigenvalue weighted by Crippen LogP contribution is -2.17. The summed E-state index contributed by atoms with van der Waals surface area (Å²) in [6.45, 7) is 7.02. The van der Waals surface area contributed by atoms with Crippen LogP contribution in [-0.2, 0) is 6.54 Å². The zero-order valence-electron chi connectivity index (χ0n) is 14.4. The molecule has 0 fully saturated rings. The lowest BCUT2D eigenvalue weighted by atomic mass is 10.1. The highest BCUT2D eigenvalue weighted by Gasteiger charge is 2.14. The number of benzene rings is 2. The van der Waals surface area contributed by atoms with Crippen LogP contribution in [0.25, 0.3) is 11.3 Å². The Hall–Kier alpha value is -1.73. The number of carbonyl (C=O) groups is 1. The van der Waals surface area contributed by atoms with Crippen LogP contribution in [0.4, 0.5) is 0 Å². The molecule has 1 amide bonds. The predicted octanol–water partition coefficient (Wildman–Crippen LogP) is 5.20. The second-order valence-electron chi connectivity index (χ2n) is 5.80. The third-order valence-corrected chi connectivity index (χ3v) is 5.96. The summed E-state index contributed by atoms with van der Waals surface area (Å²) in [7, 11) is 0. The Labute approximate surface area is 165 Å². The van der Waals surface area contributed by atoms with E-state index in [-0.39, 0.29) is 5.91 Å². The van der Waals surface area contributed by atoms with Crippen LogP contribution in [0.5, 0.6) is 0 Å². The van der Waals surface area contributed by atoms with Gasteiger partial charge in [-0.05, 0) is 61.1 Å². The highest BCUT2D eigenvalue weighted by molar-refractivity contribution is 14.1. The summed E-state index contributed by atoms with van der Waals surface area (Å²) in [5.41, 5.74) is 4.18. The van der Waals surface area contributed by atoms with Gasteiger partial charge in [0.05, 0.1) is 11.3 Å². The number of nitrogens with zero attached hydrogens (tertiary/aromatic N) is 2. The number of carbonyl (C=O) groups excluding carboxylic acids is 1. The van der Waals surface area contributed by atoms with Crippen LogP contribution in [0, 0.1) is 17.4 Å². The summed E-state index contributed by atoms with van der Waals surface area (Å²) in [6.07, 6.45) is 0. The van der Waals surface area contributed by atoms with Crippen molar-refractivity contribution in [3.05, 3.63) is 72.9 Å². The number of amides is 1. The van der Waals surface area contributed by atoms with Crippen LogP contribution in [-0.4, -0.2) is 10.5 Å². The van der Waals surface area contributed by atoms with E-state index in [1.54, 1.807) is 11.3 Å². The molecule has 0 aliphatic carbocycles. The number of aryl methyl sites for hydroxylation is 2. The van der Waals surface area contributed by atoms with Gasteiger partial charge in [0.1, 0.15) is 0 Å². The molecule has 0 atom stereocenters. The van der Waals surface area contributed by atoms with Crippen molar-refractivity contribution in [1.29, 1.82) is 0 Å². The molecule has 25 heavy (non-hydrogen) atoms. The number of rotatable bonds is 3. The van der Waals surface area contributed by atoms with Gasteiger partial charge < -0.3 is 4.57 Å². The van der Waals surface area contributed by atoms with Crippen molar-refractivity contribution in [2.24, 2.45) is 4.99 Å². The summed E-state index contributed by atoms with van der Waals surface area (Å²) < 4.78 is 3.04. The molecule has 3 aromatic rings. The van der Waals surface area contributed by atoms with Crippen LogP contribution in [0.2, 0.25) is 0 Å². The highest BCUT2D eigenvalue weighted by Crippen LogP contribution is 2.25. The number of aromatic nitrogens is 1. The van der Waals surface area contributed by atoms with Crippen molar-refractivity contribution < 1.29 is 4.79 Å². The Morgan fingerprint density at radius 1 is 1.12 bits per heavy atom. The molecule has 5 heteroatoms. The predicted molar refractivity (Wildman–Crippen MR) is 112 cm³/mol. The van der Waals surface area contributed by atoms with E-state index >= 15 is 0 Å². The minimum absolute atomic E-state index is 0.191. The van der Waals surface area contributed by atoms with Gasteiger partial charge in [0.2, 0.25) is 0 Å². The summed E-state index contributed by atoms with van der Waals surface area (Å²) in [5.74, 6) is -0.191. The topological polar surface area (TPSA) is 34.4 Å². The van der Waals surface area contributed by atoms with Gasteiger partial charge in [-0.1, -0.05) is 42.0 Å². The zero-order chi connectivity index (χ0) is 18.0. The van der Waals surface area contributed by atoms with Crippen LogP contribution >= 0.6 is 33.9 Å². The number of halogens is 1. The van der Waals surface area contributed by atoms with E-state index in [1.807, 2.05) is 24.3 Å². The fourth-order valence-corrected chi connectivity index (χ4v) is 4.43. The van der Waals surface area contributed by atoms with Gasteiger partial charge in [-0.15, -0.1) is 11.3 Å². The average Bonchev–Trinajstić information content (AvgIpc) is 2.91. The van der Waals surface area contributed by atoms with Crippen LogP contribution < -0.4 is 4.80 Å². The van der Waals surface area contributed by atoms with E-state index in [2.05, 4.69) is 77.2 Å². The molecule has 0 aliphatic heterocycles. The van der Waals surface area contributed by atoms with E-state index in [1.165, 1.54) is 10.4 Å². The number of hydrogen-bond acceptors (Lipinski definition) is 2. The molecule has 0 N–H and O–H groups in total. The molecule has 0 bridgehead atoms. The molecule has 1 heterocycles. The molecule has 3 rings (SSSR count). The fraction of sp³-hybridized carbons (Fsp3) is 0.200. The normalized spacial score (nSPS) is 11.8. The highest BCUT2D eigenvalue weighted by atomic mass is 127. The van der Waals surface area contributed by atoms with Crippen molar-refractivity contribution in [3.8, 4) is 11.3 Å². The van der Waals surface area contributed by atoms with Gasteiger partial charge >= 0.3 is 0 Å². The van der Waals surface area contributed by atoms with Gasteiger partial charge in [0.25, 0.3) is 5.91 Å². The maximum atomic E-state index is 12.6. The summed E-state index contributed by atoms with van der Waals surface area (Å²) >= 11 is 3.74. The van der Waals surface area contributed by atoms with Crippen molar-refractivity contribution >= 4 is 39.8 Å². The Morgan fingerprint density at radius 3 is 2.44 bits per heavy atom. The lowest BCUT2D eigenvalue weighted by Gasteiger charge is -2.08. The van der Waals surface area contributed by atoms with Crippen LogP contribution in [0.3, 0.4) is 0 Å². The number of hydrogen-bond donors (Lipinski definition) is 0. The standard InChI is InChI=1S/C20H19IN2OS/c1-4-23-18(15-11-9-13(2)10-12-15)14(3)25-20(23)22-19(24)16-7-5-6-8-17(16)21/h5-12H,4H2,1-3H3. The van der Waals surface area contributed by atoms with Gasteiger partial charge in [-0.2, -0.15) is 4.99 Å². The second kappa shape index (κ2) is 7.66. The molecule has 128 valence electrons. The maximum absolute atomic E-state index is 12.6. The molecule has 1 aromatic heterocycles. The van der Waals surface area contributed by atoms with Gasteiger partial charge in [-0.3, -0.25) is 4.79 Å². The number of thiazole rings is 1. The largest absolute Gasteiger partial charge is 0.316 e. The zero-order valence-corrected chi connectivity index (χ0v) is 17.4. The molecule has 0 saturated carbocycles. The van der Waals surface area contributed by atoms with Crippen molar-refractivity contribution in [1.82, 2.24) is 4.57 Å². The molecule has 3 nitrogen and oxygen atoms in total. The minimum Gasteiger partial charge on any atom is -0.316 e. The first kappa shape index (κ1) is 18.1. The molecule has 0 spiro atoms. The Bertz CT molecular complexity index is 984. The summed E-state index contributed by atoms with van der Waals surface area (Å²) in [4.78, 5) is 19.0. The smallest absolute Gasteiger partial charge is 0.280 e. The van der Waals surface area contributed by atoms with E-state index in [0.29, 0.717) is 5.56 Å². The van der Waals surface area contributed by atoms with Crippen molar-refractivity contribution in [2.45, 2.75) is 27.3 Å². The average molecular weight is 462 g/mol. The van der Waals surface area contributed by atoms with Crippen LogP contribution in [0.15, 0.2) is 53.5 Å². The molecule has 0 unspecified atom stereocenters. The van der Waals surface area contributed by atoms with Crippen molar-refractivity contribution in [2.75, 3.05) is 0 Å². The van der Waals surface area contributed by atoms with Crippen LogP contribution in [0.1, 0.15) is 27.7 Å². The Kier molecular flexibility index (Phi) is 5.54. The monoisotopic (exact) mass is 462 g/mol. The first-order chi connectivity index (χ1) is 12.0. The third kappa shape index (κ3) is 3.77. The summed E-state index contributed by atoms with van der Waals surface area (Å²) in [5, 5.41) is 0. The SMILES string of the molecule is CCn1c(-c2ccc(C)cc2)c(C)sc1=NC(=O)c1ccccc1I. The van der Waals surface area contributed by atoms with Gasteiger partial charge in [0.15, 0.2) is 4.80 Å². The minimum atomic E-state index is -0.191. The molecular weight excluding hydrogens is 443 g/mol. The fourth-order valence-electron chi connectivity index (χ4n) is 2.75. The first-order valence-electron chi connectivity index (χ1n) is 8.12. The third-order valence-electron chi connectivity index (χ3n) is 4.02. The van der Waals surface area contributed by atoms with E-state index in [0.717, 1.165) is 26.2 Å². The van der Waals surface area contributed by atoms with Crippen molar-refractivity contribution in [3.63, 3.8) is 0 Å². The molecule has 2 aromatic carbocycles. The molecule has 0 radical (unpaired) electrons. The Morgan fingerprint density at radius 2 is 1.80 bits per heavy atom.